The number of halogens is 1. The Morgan fingerprint density at radius 2 is 2.05 bits per heavy atom. The van der Waals surface area contributed by atoms with E-state index in [4.69, 9.17) is 10.5 Å². The molecule has 3 N–H and O–H groups in total. The highest BCUT2D eigenvalue weighted by atomic mass is 79.9. The molecule has 0 aliphatic carbocycles. The molecule has 0 bridgehead atoms. The van der Waals surface area contributed by atoms with Gasteiger partial charge in [0.15, 0.2) is 6.10 Å². The number of benzene rings is 1. The summed E-state index contributed by atoms with van der Waals surface area (Å²) in [6.07, 6.45) is 1.31. The van der Waals surface area contributed by atoms with E-state index in [-0.39, 0.29) is 11.9 Å². The van der Waals surface area contributed by atoms with Crippen LogP contribution in [0.1, 0.15) is 39.2 Å². The molecule has 4 nitrogen and oxygen atoms in total. The maximum absolute atomic E-state index is 12.0. The third kappa shape index (κ3) is 4.80. The Bertz CT molecular complexity index is 447. The fourth-order valence-electron chi connectivity index (χ4n) is 1.82. The zero-order valence-corrected chi connectivity index (χ0v) is 13.9. The van der Waals surface area contributed by atoms with E-state index < -0.39 is 6.10 Å². The number of ether oxygens (including phenoxy) is 1. The fraction of sp³-hybridized carbons (Fsp3) is 0.533. The molecule has 1 unspecified atom stereocenters. The van der Waals surface area contributed by atoms with Crippen LogP contribution < -0.4 is 15.8 Å². The van der Waals surface area contributed by atoms with E-state index in [1.165, 1.54) is 0 Å². The predicted octanol–water partition coefficient (Wildman–Crippen LogP) is 2.98. The van der Waals surface area contributed by atoms with Gasteiger partial charge in [-0.3, -0.25) is 4.79 Å². The topological polar surface area (TPSA) is 64.3 Å². The van der Waals surface area contributed by atoms with E-state index in [1.54, 1.807) is 6.92 Å². The van der Waals surface area contributed by atoms with Gasteiger partial charge < -0.3 is 15.8 Å². The summed E-state index contributed by atoms with van der Waals surface area (Å²) in [6.45, 7) is 6.34. The van der Waals surface area contributed by atoms with Crippen LogP contribution in [0, 0.1) is 0 Å². The highest BCUT2D eigenvalue weighted by Crippen LogP contribution is 2.26. The number of hydrogen-bond acceptors (Lipinski definition) is 3. The van der Waals surface area contributed by atoms with E-state index >= 15 is 0 Å². The highest BCUT2D eigenvalue weighted by molar-refractivity contribution is 9.10. The molecule has 0 saturated carbocycles. The number of carbonyl (C=O) groups excluding carboxylic acids is 1. The minimum atomic E-state index is -0.532. The zero-order valence-electron chi connectivity index (χ0n) is 12.3. The minimum Gasteiger partial charge on any atom is -0.480 e. The number of nitrogens with two attached hydrogens (primary N) is 1. The lowest BCUT2D eigenvalue weighted by molar-refractivity contribution is -0.128. The Balaban J connectivity index is 2.65. The predicted molar refractivity (Wildman–Crippen MR) is 84.6 cm³/mol. The van der Waals surface area contributed by atoms with Gasteiger partial charge in [-0.25, -0.2) is 0 Å². The SMILES string of the molecule is CCC(CC)NC(=O)C(C)Oc1ccc(CN)cc1Br. The van der Waals surface area contributed by atoms with Crippen molar-refractivity contribution in [3.63, 3.8) is 0 Å². The van der Waals surface area contributed by atoms with Crippen LogP contribution in [-0.2, 0) is 11.3 Å². The standard InChI is InChI=1S/C15H23BrN2O2/c1-4-12(5-2)18-15(19)10(3)20-14-7-6-11(9-17)8-13(14)16/h6-8,10,12H,4-5,9,17H2,1-3H3,(H,18,19). The summed E-state index contributed by atoms with van der Waals surface area (Å²) in [5.41, 5.74) is 6.59. The van der Waals surface area contributed by atoms with Crippen molar-refractivity contribution >= 4 is 21.8 Å². The first-order valence-electron chi connectivity index (χ1n) is 6.97. The van der Waals surface area contributed by atoms with Crippen LogP contribution in [0.3, 0.4) is 0 Å². The molecule has 1 rings (SSSR count). The lowest BCUT2D eigenvalue weighted by atomic mass is 10.1. The lowest BCUT2D eigenvalue weighted by Crippen LogP contribution is -2.42. The van der Waals surface area contributed by atoms with Crippen LogP contribution in [-0.4, -0.2) is 18.1 Å². The zero-order chi connectivity index (χ0) is 15.1. The summed E-state index contributed by atoms with van der Waals surface area (Å²) in [5, 5.41) is 2.98. The molecule has 112 valence electrons. The van der Waals surface area contributed by atoms with E-state index in [2.05, 4.69) is 35.1 Å². The van der Waals surface area contributed by atoms with Crippen LogP contribution in [0.15, 0.2) is 22.7 Å². The van der Waals surface area contributed by atoms with Crippen LogP contribution in [0.5, 0.6) is 5.75 Å². The van der Waals surface area contributed by atoms with Crippen molar-refractivity contribution in [2.75, 3.05) is 0 Å². The van der Waals surface area contributed by atoms with Gasteiger partial charge in [0.1, 0.15) is 5.75 Å². The first kappa shape index (κ1) is 17.0. The van der Waals surface area contributed by atoms with Gasteiger partial charge in [0, 0.05) is 12.6 Å². The van der Waals surface area contributed by atoms with E-state index in [0.717, 1.165) is 22.9 Å². The molecule has 1 aromatic carbocycles. The Hall–Kier alpha value is -1.07. The van der Waals surface area contributed by atoms with Gasteiger partial charge in [-0.1, -0.05) is 19.9 Å². The average Bonchev–Trinajstić information content (AvgIpc) is 2.46. The molecule has 0 heterocycles. The average molecular weight is 343 g/mol. The summed E-state index contributed by atoms with van der Waals surface area (Å²) < 4.78 is 6.50. The van der Waals surface area contributed by atoms with Crippen LogP contribution >= 0.6 is 15.9 Å². The summed E-state index contributed by atoms with van der Waals surface area (Å²) in [6, 6.07) is 5.83. The monoisotopic (exact) mass is 342 g/mol. The van der Waals surface area contributed by atoms with Gasteiger partial charge >= 0.3 is 0 Å². The van der Waals surface area contributed by atoms with Gasteiger partial charge in [-0.2, -0.15) is 0 Å². The summed E-state index contributed by atoms with van der Waals surface area (Å²) in [7, 11) is 0. The fourth-order valence-corrected chi connectivity index (χ4v) is 2.34. The van der Waals surface area contributed by atoms with Crippen LogP contribution in [0.4, 0.5) is 0 Å². The Morgan fingerprint density at radius 3 is 2.55 bits per heavy atom. The molecule has 0 radical (unpaired) electrons. The molecule has 0 aliphatic rings. The number of carbonyl (C=O) groups is 1. The number of hydrogen-bond donors (Lipinski definition) is 2. The molecule has 20 heavy (non-hydrogen) atoms. The Labute approximate surface area is 129 Å². The van der Waals surface area contributed by atoms with E-state index in [9.17, 15) is 4.79 Å². The van der Waals surface area contributed by atoms with Gasteiger partial charge in [0.25, 0.3) is 5.91 Å². The van der Waals surface area contributed by atoms with Crippen molar-refractivity contribution in [3.05, 3.63) is 28.2 Å². The number of rotatable bonds is 7. The highest BCUT2D eigenvalue weighted by Gasteiger charge is 2.18. The number of nitrogens with one attached hydrogen (secondary N) is 1. The largest absolute Gasteiger partial charge is 0.480 e. The van der Waals surface area contributed by atoms with Crippen molar-refractivity contribution in [2.45, 2.75) is 52.3 Å². The first-order chi connectivity index (χ1) is 9.51. The van der Waals surface area contributed by atoms with Crippen molar-refractivity contribution in [1.29, 1.82) is 0 Å². The molecule has 1 atom stereocenters. The van der Waals surface area contributed by atoms with Gasteiger partial charge in [-0.15, -0.1) is 0 Å². The molecule has 0 aromatic heterocycles. The summed E-state index contributed by atoms with van der Waals surface area (Å²) >= 11 is 3.43. The third-order valence-corrected chi connectivity index (χ3v) is 3.86. The molecule has 0 fully saturated rings. The quantitative estimate of drug-likeness (QED) is 0.800. The first-order valence-corrected chi connectivity index (χ1v) is 7.76. The maximum atomic E-state index is 12.0. The molecular weight excluding hydrogens is 320 g/mol. The molecule has 1 amide bonds. The second kappa shape index (κ2) is 8.27. The van der Waals surface area contributed by atoms with Gasteiger partial charge in [0.05, 0.1) is 4.47 Å². The second-order valence-corrected chi connectivity index (χ2v) is 5.61. The van der Waals surface area contributed by atoms with Gasteiger partial charge in [0.2, 0.25) is 0 Å². The Kier molecular flexibility index (Phi) is 7.02. The van der Waals surface area contributed by atoms with E-state index in [0.29, 0.717) is 12.3 Å². The van der Waals surface area contributed by atoms with Crippen LogP contribution in [0.2, 0.25) is 0 Å². The molecule has 0 spiro atoms. The molecule has 0 aliphatic heterocycles. The smallest absolute Gasteiger partial charge is 0.260 e. The van der Waals surface area contributed by atoms with Gasteiger partial charge in [-0.05, 0) is 53.4 Å². The minimum absolute atomic E-state index is 0.0894. The lowest BCUT2D eigenvalue weighted by Gasteiger charge is -2.20. The molecule has 0 saturated heterocycles. The second-order valence-electron chi connectivity index (χ2n) is 4.75. The summed E-state index contributed by atoms with van der Waals surface area (Å²) in [4.78, 5) is 12.0. The third-order valence-electron chi connectivity index (χ3n) is 3.24. The molecule has 5 heteroatoms. The summed E-state index contributed by atoms with van der Waals surface area (Å²) in [5.74, 6) is 0.558. The van der Waals surface area contributed by atoms with E-state index in [1.807, 2.05) is 18.2 Å². The van der Waals surface area contributed by atoms with Crippen molar-refractivity contribution < 1.29 is 9.53 Å². The Morgan fingerprint density at radius 1 is 1.40 bits per heavy atom. The van der Waals surface area contributed by atoms with Crippen molar-refractivity contribution in [1.82, 2.24) is 5.32 Å². The normalized spacial score (nSPS) is 12.3. The van der Waals surface area contributed by atoms with Crippen LogP contribution in [0.25, 0.3) is 0 Å². The molecular formula is C15H23BrN2O2. The van der Waals surface area contributed by atoms with Crippen molar-refractivity contribution in [3.8, 4) is 5.75 Å². The molecule has 1 aromatic rings. The maximum Gasteiger partial charge on any atom is 0.260 e. The number of amides is 1. The van der Waals surface area contributed by atoms with Crippen molar-refractivity contribution in [2.24, 2.45) is 5.73 Å².